The highest BCUT2D eigenvalue weighted by Gasteiger charge is 2.27. The molecule has 0 bridgehead atoms. The van der Waals surface area contributed by atoms with Crippen LogP contribution < -0.4 is 5.32 Å². The van der Waals surface area contributed by atoms with Crippen molar-refractivity contribution in [1.82, 2.24) is 15.4 Å². The van der Waals surface area contributed by atoms with Crippen LogP contribution in [0.15, 0.2) is 18.2 Å². The number of H-pyrrole nitrogens is 1. The Labute approximate surface area is 117 Å². The van der Waals surface area contributed by atoms with Gasteiger partial charge in [-0.2, -0.15) is 15.4 Å². The Kier molecular flexibility index (Phi) is 3.26. The summed E-state index contributed by atoms with van der Waals surface area (Å²) in [4.78, 5) is 12.4. The zero-order chi connectivity index (χ0) is 14.1. The smallest absolute Gasteiger partial charge is 0.227 e. The summed E-state index contributed by atoms with van der Waals surface area (Å²) < 4.78 is 0. The first-order valence-corrected chi connectivity index (χ1v) is 6.90. The lowest BCUT2D eigenvalue weighted by Gasteiger charge is -2.20. The number of nitrogens with one attached hydrogen (secondary N) is 2. The molecule has 1 aromatic heterocycles. The van der Waals surface area contributed by atoms with Crippen molar-refractivity contribution in [1.29, 1.82) is 0 Å². The molecule has 0 saturated carbocycles. The monoisotopic (exact) mass is 270 g/mol. The Balaban J connectivity index is 1.71. The van der Waals surface area contributed by atoms with Crippen molar-refractivity contribution in [2.75, 3.05) is 5.32 Å². The quantitative estimate of drug-likeness (QED) is 0.878. The van der Waals surface area contributed by atoms with E-state index in [4.69, 9.17) is 0 Å². The molecule has 1 unspecified atom stereocenters. The molecule has 20 heavy (non-hydrogen) atoms. The van der Waals surface area contributed by atoms with Crippen molar-refractivity contribution in [2.45, 2.75) is 33.1 Å². The molecule has 3 rings (SSSR count). The highest BCUT2D eigenvalue weighted by Crippen LogP contribution is 2.24. The summed E-state index contributed by atoms with van der Waals surface area (Å²) in [5.74, 6) is 0.0545. The maximum atomic E-state index is 12.4. The summed E-state index contributed by atoms with van der Waals surface area (Å²) in [6.45, 7) is 4.06. The normalized spacial score (nSPS) is 17.6. The fraction of sp³-hybridized carbons (Fsp3) is 0.400. The van der Waals surface area contributed by atoms with Gasteiger partial charge >= 0.3 is 0 Å². The molecule has 2 aromatic rings. The second-order valence-electron chi connectivity index (χ2n) is 5.46. The second kappa shape index (κ2) is 5.07. The summed E-state index contributed by atoms with van der Waals surface area (Å²) in [6, 6.07) is 6.05. The Hall–Kier alpha value is -2.17. The van der Waals surface area contributed by atoms with Gasteiger partial charge in [-0.25, -0.2) is 0 Å². The highest BCUT2D eigenvalue weighted by atomic mass is 16.1. The molecule has 1 aliphatic rings. The minimum absolute atomic E-state index is 0.0201. The standard InChI is InChI=1S/C15H18N4O/c1-9-3-5-12(10(2)7-9)16-15(20)11-4-6-13-14(8-11)18-19-17-13/h3,5,7,11H,4,6,8H2,1-2H3,(H,16,20)(H,17,18,19). The van der Waals surface area contributed by atoms with E-state index in [0.717, 1.165) is 35.5 Å². The van der Waals surface area contributed by atoms with E-state index in [9.17, 15) is 4.79 Å². The van der Waals surface area contributed by atoms with Crippen LogP contribution in [0.3, 0.4) is 0 Å². The first-order valence-electron chi connectivity index (χ1n) is 6.90. The third kappa shape index (κ3) is 2.43. The highest BCUT2D eigenvalue weighted by molar-refractivity contribution is 5.93. The van der Waals surface area contributed by atoms with Crippen molar-refractivity contribution >= 4 is 11.6 Å². The lowest BCUT2D eigenvalue weighted by Crippen LogP contribution is -2.28. The minimum atomic E-state index is -0.0201. The van der Waals surface area contributed by atoms with Crippen LogP contribution in [-0.2, 0) is 17.6 Å². The summed E-state index contributed by atoms with van der Waals surface area (Å²) in [5, 5.41) is 13.9. The number of anilines is 1. The molecule has 1 aliphatic carbocycles. The van der Waals surface area contributed by atoms with Crippen molar-refractivity contribution in [3.63, 3.8) is 0 Å². The van der Waals surface area contributed by atoms with Crippen LogP contribution in [0.1, 0.15) is 28.9 Å². The topological polar surface area (TPSA) is 70.7 Å². The molecular weight excluding hydrogens is 252 g/mol. The molecule has 5 nitrogen and oxygen atoms in total. The van der Waals surface area contributed by atoms with E-state index >= 15 is 0 Å². The number of aromatic nitrogens is 3. The summed E-state index contributed by atoms with van der Waals surface area (Å²) >= 11 is 0. The first-order chi connectivity index (χ1) is 9.63. The molecule has 1 atom stereocenters. The number of hydrogen-bond donors (Lipinski definition) is 2. The molecule has 104 valence electrons. The SMILES string of the molecule is Cc1ccc(NC(=O)C2CCc3n[nH]nc3C2)c(C)c1. The molecule has 0 spiro atoms. The van der Waals surface area contributed by atoms with Gasteiger partial charge in [-0.05, 0) is 38.3 Å². The van der Waals surface area contributed by atoms with Crippen molar-refractivity contribution in [2.24, 2.45) is 5.92 Å². The van der Waals surface area contributed by atoms with Gasteiger partial charge in [0.1, 0.15) is 0 Å². The van der Waals surface area contributed by atoms with Gasteiger partial charge in [0, 0.05) is 18.0 Å². The third-order valence-electron chi connectivity index (χ3n) is 3.88. The van der Waals surface area contributed by atoms with Crippen molar-refractivity contribution < 1.29 is 4.79 Å². The molecule has 0 saturated heterocycles. The van der Waals surface area contributed by atoms with Crippen molar-refractivity contribution in [3.05, 3.63) is 40.7 Å². The van der Waals surface area contributed by atoms with Gasteiger partial charge in [-0.1, -0.05) is 17.7 Å². The van der Waals surface area contributed by atoms with E-state index in [-0.39, 0.29) is 11.8 Å². The number of aromatic amines is 1. The summed E-state index contributed by atoms with van der Waals surface area (Å²) in [6.07, 6.45) is 2.32. The fourth-order valence-electron chi connectivity index (χ4n) is 2.70. The van der Waals surface area contributed by atoms with Gasteiger partial charge in [-0.15, -0.1) is 0 Å². The number of carbonyl (C=O) groups is 1. The number of hydrogen-bond acceptors (Lipinski definition) is 3. The lowest BCUT2D eigenvalue weighted by atomic mass is 9.89. The molecule has 0 radical (unpaired) electrons. The van der Waals surface area contributed by atoms with E-state index in [1.807, 2.05) is 26.0 Å². The number of nitrogens with zero attached hydrogens (tertiary/aromatic N) is 2. The van der Waals surface area contributed by atoms with Crippen LogP contribution in [0.2, 0.25) is 0 Å². The number of aryl methyl sites for hydroxylation is 3. The van der Waals surface area contributed by atoms with E-state index in [1.165, 1.54) is 5.56 Å². The van der Waals surface area contributed by atoms with Crippen LogP contribution >= 0.6 is 0 Å². The van der Waals surface area contributed by atoms with Gasteiger partial charge in [0.15, 0.2) is 0 Å². The third-order valence-corrected chi connectivity index (χ3v) is 3.88. The van der Waals surface area contributed by atoms with Crippen LogP contribution in [-0.4, -0.2) is 21.3 Å². The van der Waals surface area contributed by atoms with Gasteiger partial charge in [0.2, 0.25) is 5.91 Å². The van der Waals surface area contributed by atoms with Gasteiger partial charge in [0.25, 0.3) is 0 Å². The van der Waals surface area contributed by atoms with Gasteiger partial charge < -0.3 is 5.32 Å². The maximum Gasteiger partial charge on any atom is 0.227 e. The van der Waals surface area contributed by atoms with Crippen LogP contribution in [0.5, 0.6) is 0 Å². The van der Waals surface area contributed by atoms with E-state index in [0.29, 0.717) is 6.42 Å². The van der Waals surface area contributed by atoms with Crippen LogP contribution in [0.25, 0.3) is 0 Å². The second-order valence-corrected chi connectivity index (χ2v) is 5.46. The van der Waals surface area contributed by atoms with E-state index in [2.05, 4.69) is 26.8 Å². The Morgan fingerprint density at radius 1 is 1.30 bits per heavy atom. The molecule has 2 N–H and O–H groups in total. The van der Waals surface area contributed by atoms with Crippen LogP contribution in [0, 0.1) is 19.8 Å². The average Bonchev–Trinajstić information content (AvgIpc) is 2.89. The predicted molar refractivity (Wildman–Crippen MR) is 76.4 cm³/mol. The zero-order valence-electron chi connectivity index (χ0n) is 11.7. The van der Waals surface area contributed by atoms with Gasteiger partial charge in [0.05, 0.1) is 11.4 Å². The molecule has 1 amide bonds. The Morgan fingerprint density at radius 2 is 2.10 bits per heavy atom. The molecule has 0 fully saturated rings. The van der Waals surface area contributed by atoms with Crippen molar-refractivity contribution in [3.8, 4) is 0 Å². The van der Waals surface area contributed by atoms with Crippen LogP contribution in [0.4, 0.5) is 5.69 Å². The Bertz CT molecular complexity index is 647. The number of fused-ring (bicyclic) bond motifs is 1. The summed E-state index contributed by atoms with van der Waals surface area (Å²) in [7, 11) is 0. The molecular formula is C15H18N4O. The molecule has 0 aliphatic heterocycles. The molecule has 1 aromatic carbocycles. The van der Waals surface area contributed by atoms with E-state index in [1.54, 1.807) is 0 Å². The number of amides is 1. The molecule has 5 heteroatoms. The predicted octanol–water partition coefficient (Wildman–Crippen LogP) is 2.17. The first kappa shape index (κ1) is 12.8. The van der Waals surface area contributed by atoms with E-state index < -0.39 is 0 Å². The van der Waals surface area contributed by atoms with Gasteiger partial charge in [-0.3, -0.25) is 4.79 Å². The number of carbonyl (C=O) groups excluding carboxylic acids is 1. The molecule has 1 heterocycles. The zero-order valence-corrected chi connectivity index (χ0v) is 11.7. The number of benzene rings is 1. The largest absolute Gasteiger partial charge is 0.326 e. The fourth-order valence-corrected chi connectivity index (χ4v) is 2.70. The Morgan fingerprint density at radius 3 is 2.90 bits per heavy atom. The summed E-state index contributed by atoms with van der Waals surface area (Å²) in [5.41, 5.74) is 5.12. The minimum Gasteiger partial charge on any atom is -0.326 e. The lowest BCUT2D eigenvalue weighted by molar-refractivity contribution is -0.120. The average molecular weight is 270 g/mol. The number of rotatable bonds is 2. The maximum absolute atomic E-state index is 12.4.